The van der Waals surface area contributed by atoms with Gasteiger partial charge in [0, 0.05) is 0 Å². The Morgan fingerprint density at radius 3 is 1.75 bits per heavy atom. The third-order valence-corrected chi connectivity index (χ3v) is 0.174. The largest absolute Gasteiger partial charge is 2.00 e. The molecule has 0 radical (unpaired) electrons. The van der Waals surface area contributed by atoms with Gasteiger partial charge in [0.1, 0.15) is 0 Å². The zero-order valence-electron chi connectivity index (χ0n) is 5.14. The van der Waals surface area contributed by atoms with Gasteiger partial charge in [-0.2, -0.15) is 12.5 Å². The molecule has 1 nitrogen and oxygen atoms in total. The zero-order chi connectivity index (χ0) is 6.28. The average molecular weight is 293 g/mol. The molecule has 50 valence electrons. The van der Waals surface area contributed by atoms with Crippen LogP contribution in [0.15, 0.2) is 12.2 Å². The van der Waals surface area contributed by atoms with Gasteiger partial charge < -0.3 is 11.7 Å². The maximum Gasteiger partial charge on any atom is 2.00 e. The van der Waals surface area contributed by atoms with Crippen molar-refractivity contribution >= 4 is 6.29 Å². The van der Waals surface area contributed by atoms with Crippen LogP contribution in [-0.2, 0) is 25.9 Å². The number of rotatable bonds is 1. The van der Waals surface area contributed by atoms with Crippen LogP contribution in [0.4, 0.5) is 0 Å². The molecule has 0 unspecified atom stereocenters. The summed E-state index contributed by atoms with van der Waals surface area (Å²) < 4.78 is 0. The van der Waals surface area contributed by atoms with Gasteiger partial charge in [-0.25, -0.2) is 6.58 Å². The first-order chi connectivity index (χ1) is 3.27. The minimum atomic E-state index is 0. The Bertz CT molecular complexity index is 59.5. The van der Waals surface area contributed by atoms with Crippen molar-refractivity contribution in [2.45, 2.75) is 13.8 Å². The topological polar surface area (TPSA) is 17.1 Å². The first-order valence-electron chi connectivity index (χ1n) is 2.01. The van der Waals surface area contributed by atoms with E-state index in [2.05, 4.69) is 13.5 Å². The summed E-state index contributed by atoms with van der Waals surface area (Å²) in [7, 11) is 0. The minimum absolute atomic E-state index is 0. The molecule has 0 N–H and O–H groups in total. The minimum Gasteiger partial charge on any atom is -0.419 e. The van der Waals surface area contributed by atoms with Crippen molar-refractivity contribution in [1.29, 1.82) is 0 Å². The van der Waals surface area contributed by atoms with E-state index in [0.29, 0.717) is 5.57 Å². The molecule has 0 bridgehead atoms. The van der Waals surface area contributed by atoms with Crippen molar-refractivity contribution in [2.24, 2.45) is 0 Å². The van der Waals surface area contributed by atoms with Crippen LogP contribution < -0.4 is 0 Å². The summed E-state index contributed by atoms with van der Waals surface area (Å²) in [5.41, 5.74) is 0.449. The molecule has 2 heteroatoms. The fourth-order valence-corrected chi connectivity index (χ4v) is 0. The predicted molar refractivity (Wildman–Crippen MR) is 31.5 cm³/mol. The second-order valence-corrected chi connectivity index (χ2v) is 0.882. The van der Waals surface area contributed by atoms with Crippen LogP contribution in [0.25, 0.3) is 0 Å². The molecule has 0 fully saturated rings. The van der Waals surface area contributed by atoms with E-state index in [1.165, 1.54) is 0 Å². The Morgan fingerprint density at radius 1 is 1.62 bits per heavy atom. The van der Waals surface area contributed by atoms with E-state index in [0.717, 1.165) is 0 Å². The fraction of sp³-hybridized carbons (Fsp3) is 0.333. The Balaban J connectivity index is -0.0000000750. The molecule has 0 aromatic carbocycles. The first kappa shape index (κ1) is 15.7. The van der Waals surface area contributed by atoms with Crippen LogP contribution in [0.3, 0.4) is 0 Å². The number of hydrogen-bond acceptors (Lipinski definition) is 1. The SMILES string of the molecule is C=C(C)[C-]=O.[CH2-]C.[Pt+2]. The van der Waals surface area contributed by atoms with Gasteiger partial charge in [0.2, 0.25) is 0 Å². The molecule has 0 aliphatic heterocycles. The van der Waals surface area contributed by atoms with Crippen molar-refractivity contribution in [3.05, 3.63) is 19.1 Å². The molecule has 0 amide bonds. The summed E-state index contributed by atoms with van der Waals surface area (Å²) in [6.45, 7) is 9.85. The smallest absolute Gasteiger partial charge is 0.419 e. The van der Waals surface area contributed by atoms with Crippen molar-refractivity contribution in [3.63, 3.8) is 0 Å². The van der Waals surface area contributed by atoms with Crippen LogP contribution in [0.2, 0.25) is 0 Å². The quantitative estimate of drug-likeness (QED) is 0.529. The monoisotopic (exact) mass is 293 g/mol. The third-order valence-electron chi connectivity index (χ3n) is 0.174. The Hall–Kier alpha value is 0.0983. The predicted octanol–water partition coefficient (Wildman–Crippen LogP) is 1.51. The standard InChI is InChI=1S/C4H5O.C2H5.Pt/c1-4(2)3-5;1-2;/h1H2,2H3;1H2,2H3;/q2*-1;+2. The first-order valence-corrected chi connectivity index (χ1v) is 2.01. The van der Waals surface area contributed by atoms with Gasteiger partial charge in [0.25, 0.3) is 0 Å². The molecule has 0 heterocycles. The molecule has 8 heavy (non-hydrogen) atoms. The maximum absolute atomic E-state index is 9.28. The Morgan fingerprint density at radius 2 is 1.75 bits per heavy atom. The number of carbonyl (C=O) groups excluding carboxylic acids is 1. The molecule has 0 rings (SSSR count). The van der Waals surface area contributed by atoms with Crippen molar-refractivity contribution in [2.75, 3.05) is 0 Å². The molecule has 0 saturated carbocycles. The summed E-state index contributed by atoms with van der Waals surface area (Å²) in [5.74, 6) is 0. The van der Waals surface area contributed by atoms with Gasteiger partial charge in [-0.1, -0.05) is 6.92 Å². The van der Waals surface area contributed by atoms with E-state index >= 15 is 0 Å². The summed E-state index contributed by atoms with van der Waals surface area (Å²) in [5, 5.41) is 0. The van der Waals surface area contributed by atoms with Gasteiger partial charge in [0.05, 0.1) is 0 Å². The molecule has 0 spiro atoms. The van der Waals surface area contributed by atoms with E-state index in [4.69, 9.17) is 0 Å². The van der Waals surface area contributed by atoms with E-state index < -0.39 is 0 Å². The molecular weight excluding hydrogens is 283 g/mol. The van der Waals surface area contributed by atoms with Crippen LogP contribution in [0, 0.1) is 6.92 Å². The summed E-state index contributed by atoms with van der Waals surface area (Å²) in [6, 6.07) is 0. The third kappa shape index (κ3) is 36.0. The van der Waals surface area contributed by atoms with Gasteiger partial charge in [0.15, 0.2) is 0 Å². The van der Waals surface area contributed by atoms with Gasteiger partial charge in [-0.3, -0.25) is 0 Å². The van der Waals surface area contributed by atoms with Crippen LogP contribution in [0.5, 0.6) is 0 Å². The molecule has 0 aromatic rings. The van der Waals surface area contributed by atoms with Gasteiger partial charge in [-0.05, 0) is 6.29 Å². The summed E-state index contributed by atoms with van der Waals surface area (Å²) in [6.07, 6.45) is 1.58. The molecule has 0 atom stereocenters. The van der Waals surface area contributed by atoms with Crippen LogP contribution in [-0.4, -0.2) is 6.29 Å². The molecule has 0 aliphatic carbocycles. The maximum atomic E-state index is 9.28. The Labute approximate surface area is 65.4 Å². The Kier molecular flexibility index (Phi) is 30.8. The summed E-state index contributed by atoms with van der Waals surface area (Å²) in [4.78, 5) is 9.28. The van der Waals surface area contributed by atoms with E-state index in [9.17, 15) is 4.79 Å². The van der Waals surface area contributed by atoms with E-state index in [-0.39, 0.29) is 21.1 Å². The van der Waals surface area contributed by atoms with Crippen molar-refractivity contribution < 1.29 is 25.9 Å². The fourth-order valence-electron chi connectivity index (χ4n) is 0. The zero-order valence-corrected chi connectivity index (χ0v) is 7.41. The molecular formula is C6H10OPt. The van der Waals surface area contributed by atoms with Crippen LogP contribution >= 0.6 is 0 Å². The van der Waals surface area contributed by atoms with Gasteiger partial charge >= 0.3 is 21.1 Å². The van der Waals surface area contributed by atoms with Crippen molar-refractivity contribution in [3.8, 4) is 0 Å². The normalized spacial score (nSPS) is 4.88. The second kappa shape index (κ2) is 15.7. The van der Waals surface area contributed by atoms with E-state index in [1.54, 1.807) is 20.1 Å². The average Bonchev–Trinajstić information content (AvgIpc) is 1.73. The van der Waals surface area contributed by atoms with Crippen LogP contribution in [0.1, 0.15) is 13.8 Å². The molecule has 0 aliphatic rings. The van der Waals surface area contributed by atoms with E-state index in [1.807, 2.05) is 0 Å². The van der Waals surface area contributed by atoms with Crippen molar-refractivity contribution in [1.82, 2.24) is 0 Å². The molecule has 0 saturated heterocycles. The number of allylic oxidation sites excluding steroid dienone is 1. The summed E-state index contributed by atoms with van der Waals surface area (Å²) >= 11 is 0. The van der Waals surface area contributed by atoms with Gasteiger partial charge in [-0.15, -0.1) is 0 Å². The number of hydrogen-bond donors (Lipinski definition) is 0. The molecule has 0 aromatic heterocycles. The second-order valence-electron chi connectivity index (χ2n) is 0.882.